The fraction of sp³-hybridized carbons (Fsp3) is 0.222. The summed E-state index contributed by atoms with van der Waals surface area (Å²) in [4.78, 5) is 43.6. The summed E-state index contributed by atoms with van der Waals surface area (Å²) in [7, 11) is 2.79. The Morgan fingerprint density at radius 2 is 1.03 bits per heavy atom. The Morgan fingerprint density at radius 3 is 1.33 bits per heavy atom. The molecule has 0 N–H and O–H groups in total. The highest BCUT2D eigenvalue weighted by molar-refractivity contribution is 8.76. The predicted molar refractivity (Wildman–Crippen MR) is 112 cm³/mol. The largest absolute Gasteiger partial charge is 0.426 e. The fourth-order valence-electron chi connectivity index (χ4n) is 2.00. The van der Waals surface area contributed by atoms with Crippen LogP contribution in [0.5, 0.6) is 11.5 Å². The van der Waals surface area contributed by atoms with E-state index in [1.807, 2.05) is 0 Å². The highest BCUT2D eigenvalue weighted by atomic mass is 33.1. The van der Waals surface area contributed by atoms with Gasteiger partial charge in [-0.15, -0.1) is 0 Å². The Morgan fingerprint density at radius 1 is 0.700 bits per heavy atom. The van der Waals surface area contributed by atoms with Gasteiger partial charge in [-0.25, -0.2) is 0 Å². The van der Waals surface area contributed by atoms with Crippen LogP contribution >= 0.6 is 21.6 Å². The van der Waals surface area contributed by atoms with Crippen molar-refractivity contribution >= 4 is 44.9 Å². The number of nitrogens with zero attached hydrogens (tertiary/aromatic N) is 2. The Balaban J connectivity index is 1.57. The van der Waals surface area contributed by atoms with Gasteiger partial charge in [0.05, 0.1) is 22.7 Å². The number of hydrogen-bond acceptors (Lipinski definition) is 10. The summed E-state index contributed by atoms with van der Waals surface area (Å²) in [6.07, 6.45) is 0.282. The molecule has 158 valence electrons. The maximum absolute atomic E-state index is 11.7. The molecule has 0 saturated carbocycles. The lowest BCUT2D eigenvalue weighted by Crippen LogP contribution is -2.09. The summed E-state index contributed by atoms with van der Waals surface area (Å²) in [6, 6.07) is 10.4. The first kappa shape index (κ1) is 23.2. The second-order valence-corrected chi connectivity index (χ2v) is 8.30. The van der Waals surface area contributed by atoms with Crippen molar-refractivity contribution in [3.63, 3.8) is 0 Å². The molecule has 0 amide bonds. The van der Waals surface area contributed by atoms with Gasteiger partial charge < -0.3 is 9.47 Å². The van der Waals surface area contributed by atoms with Crippen molar-refractivity contribution in [1.29, 1.82) is 0 Å². The molecule has 0 fully saturated rings. The van der Waals surface area contributed by atoms with E-state index in [4.69, 9.17) is 9.47 Å². The molecule has 0 radical (unpaired) electrons. The molecular weight excluding hydrogens is 436 g/mol. The van der Waals surface area contributed by atoms with Crippen molar-refractivity contribution in [3.05, 3.63) is 68.8 Å². The minimum Gasteiger partial charge on any atom is -0.426 e. The number of esters is 2. The van der Waals surface area contributed by atoms with Crippen molar-refractivity contribution < 1.29 is 28.9 Å². The van der Waals surface area contributed by atoms with Gasteiger partial charge in [-0.05, 0) is 24.3 Å². The normalized spacial score (nSPS) is 10.3. The number of nitro benzene ring substituents is 2. The second kappa shape index (κ2) is 11.8. The standard InChI is InChI=1S/C18H16N2O8S2/c21-17(27-15-5-1-13(2-6-15)19(23)24)9-11-29-30-12-10-18(22)28-16-7-3-14(4-8-16)20(25)26/h1-8H,9-12H2. The summed E-state index contributed by atoms with van der Waals surface area (Å²) in [5.41, 5.74) is -0.178. The number of rotatable bonds is 11. The van der Waals surface area contributed by atoms with Gasteiger partial charge in [0.2, 0.25) is 0 Å². The molecule has 0 heterocycles. The van der Waals surface area contributed by atoms with Crippen LogP contribution in [0.1, 0.15) is 12.8 Å². The number of ether oxygens (including phenoxy) is 2. The molecule has 0 aromatic heterocycles. The zero-order valence-corrected chi connectivity index (χ0v) is 17.1. The van der Waals surface area contributed by atoms with E-state index in [0.717, 1.165) is 0 Å². The number of carbonyl (C=O) groups excluding carboxylic acids is 2. The van der Waals surface area contributed by atoms with Crippen molar-refractivity contribution in [2.45, 2.75) is 12.8 Å². The van der Waals surface area contributed by atoms with Crippen molar-refractivity contribution in [3.8, 4) is 11.5 Å². The first-order valence-corrected chi connectivity index (χ1v) is 11.0. The lowest BCUT2D eigenvalue weighted by atomic mass is 10.3. The third-order valence-electron chi connectivity index (χ3n) is 3.42. The minimum absolute atomic E-state index is 0.0890. The van der Waals surface area contributed by atoms with E-state index in [-0.39, 0.29) is 35.7 Å². The molecule has 0 saturated heterocycles. The molecule has 0 unspecified atom stereocenters. The van der Waals surface area contributed by atoms with Gasteiger partial charge in [-0.2, -0.15) is 0 Å². The van der Waals surface area contributed by atoms with E-state index in [1.165, 1.54) is 70.1 Å². The molecule has 0 spiro atoms. The van der Waals surface area contributed by atoms with Crippen LogP contribution in [-0.4, -0.2) is 33.3 Å². The Labute approximate surface area is 178 Å². The van der Waals surface area contributed by atoms with Crippen LogP contribution in [-0.2, 0) is 9.59 Å². The van der Waals surface area contributed by atoms with E-state index < -0.39 is 21.8 Å². The zero-order valence-electron chi connectivity index (χ0n) is 15.4. The van der Waals surface area contributed by atoms with Gasteiger partial charge in [-0.1, -0.05) is 21.6 Å². The molecule has 0 aliphatic heterocycles. The van der Waals surface area contributed by atoms with E-state index in [0.29, 0.717) is 11.5 Å². The Kier molecular flexibility index (Phi) is 9.09. The number of nitro groups is 2. The molecule has 30 heavy (non-hydrogen) atoms. The van der Waals surface area contributed by atoms with Gasteiger partial charge in [-0.3, -0.25) is 29.8 Å². The molecule has 2 aromatic carbocycles. The number of hydrogen-bond donors (Lipinski definition) is 0. The van der Waals surface area contributed by atoms with Crippen molar-refractivity contribution in [2.75, 3.05) is 11.5 Å². The lowest BCUT2D eigenvalue weighted by molar-refractivity contribution is -0.385. The van der Waals surface area contributed by atoms with Gasteiger partial charge in [0, 0.05) is 35.8 Å². The summed E-state index contributed by atoms with van der Waals surface area (Å²) >= 11 is 0. The molecule has 12 heteroatoms. The molecule has 2 rings (SSSR count). The first-order valence-electron chi connectivity index (χ1n) is 8.50. The third kappa shape index (κ3) is 8.09. The Hall–Kier alpha value is -3.12. The number of carbonyl (C=O) groups is 2. The molecule has 0 aliphatic carbocycles. The third-order valence-corrected chi connectivity index (χ3v) is 5.83. The smallest absolute Gasteiger partial charge is 0.312 e. The van der Waals surface area contributed by atoms with Gasteiger partial charge in [0.25, 0.3) is 11.4 Å². The van der Waals surface area contributed by atoms with E-state index in [9.17, 15) is 29.8 Å². The van der Waals surface area contributed by atoms with Crippen LogP contribution < -0.4 is 9.47 Å². The topological polar surface area (TPSA) is 139 Å². The van der Waals surface area contributed by atoms with Gasteiger partial charge in [0.1, 0.15) is 11.5 Å². The van der Waals surface area contributed by atoms with Gasteiger partial charge in [0.15, 0.2) is 0 Å². The molecule has 0 bridgehead atoms. The average Bonchev–Trinajstić information content (AvgIpc) is 2.71. The lowest BCUT2D eigenvalue weighted by Gasteiger charge is -2.05. The second-order valence-electron chi connectivity index (χ2n) is 5.59. The predicted octanol–water partition coefficient (Wildman–Crippen LogP) is 4.18. The van der Waals surface area contributed by atoms with Crippen molar-refractivity contribution in [1.82, 2.24) is 0 Å². The van der Waals surface area contributed by atoms with Crippen LogP contribution in [0.2, 0.25) is 0 Å². The maximum atomic E-state index is 11.7. The quantitative estimate of drug-likeness (QED) is 0.122. The van der Waals surface area contributed by atoms with Crippen LogP contribution in [0.15, 0.2) is 48.5 Å². The van der Waals surface area contributed by atoms with Crippen LogP contribution in [0, 0.1) is 20.2 Å². The SMILES string of the molecule is O=C(CCSSCCC(=O)Oc1ccc([N+](=O)[O-])cc1)Oc1ccc([N+](=O)[O-])cc1. The van der Waals surface area contributed by atoms with E-state index in [2.05, 4.69) is 0 Å². The summed E-state index contributed by atoms with van der Waals surface area (Å²) in [5, 5.41) is 21.1. The maximum Gasteiger partial charge on any atom is 0.312 e. The average molecular weight is 452 g/mol. The fourth-order valence-corrected chi connectivity index (χ4v) is 3.95. The first-order chi connectivity index (χ1) is 14.3. The minimum atomic E-state index is -0.541. The summed E-state index contributed by atoms with van der Waals surface area (Å²) < 4.78 is 10.2. The molecule has 0 aliphatic rings. The van der Waals surface area contributed by atoms with Crippen LogP contribution in [0.3, 0.4) is 0 Å². The highest BCUT2D eigenvalue weighted by Gasteiger charge is 2.10. The van der Waals surface area contributed by atoms with E-state index >= 15 is 0 Å². The Bertz CT molecular complexity index is 828. The monoisotopic (exact) mass is 452 g/mol. The summed E-state index contributed by atoms with van der Waals surface area (Å²) in [6.45, 7) is 0. The molecular formula is C18H16N2O8S2. The van der Waals surface area contributed by atoms with Crippen LogP contribution in [0.25, 0.3) is 0 Å². The zero-order chi connectivity index (χ0) is 21.9. The van der Waals surface area contributed by atoms with Crippen LogP contribution in [0.4, 0.5) is 11.4 Å². The number of benzene rings is 2. The number of non-ortho nitro benzene ring substituents is 2. The summed E-state index contributed by atoms with van der Waals surface area (Å²) in [5.74, 6) is 0.473. The molecule has 0 atom stereocenters. The van der Waals surface area contributed by atoms with Crippen molar-refractivity contribution in [2.24, 2.45) is 0 Å². The molecule has 10 nitrogen and oxygen atoms in total. The molecule has 2 aromatic rings. The highest BCUT2D eigenvalue weighted by Crippen LogP contribution is 2.24. The van der Waals surface area contributed by atoms with Gasteiger partial charge >= 0.3 is 11.9 Å². The van der Waals surface area contributed by atoms with E-state index in [1.54, 1.807) is 0 Å².